The highest BCUT2D eigenvalue weighted by atomic mass is 16.7. The molecule has 8 amide bonds. The first-order chi connectivity index (χ1) is 49.5. The number of amides is 8. The fourth-order valence-corrected chi connectivity index (χ4v) is 11.0. The van der Waals surface area contributed by atoms with Gasteiger partial charge >= 0.3 is 17.9 Å². The quantitative estimate of drug-likeness (QED) is 0.0199. The molecular formula is C65H106N8O32. The molecule has 3 rings (SSSR count). The fourth-order valence-electron chi connectivity index (χ4n) is 11.0. The number of rotatable bonds is 46. The van der Waals surface area contributed by atoms with Crippen LogP contribution in [0, 0.1) is 5.92 Å². The number of carboxylic acid groups (broad SMARTS) is 1. The van der Waals surface area contributed by atoms with Crippen LogP contribution in [0.1, 0.15) is 130 Å². The van der Waals surface area contributed by atoms with Crippen LogP contribution in [-0.2, 0) is 105 Å². The smallest absolute Gasteiger partial charge is 0.364 e. The highest BCUT2D eigenvalue weighted by molar-refractivity contribution is 5.95. The van der Waals surface area contributed by atoms with Crippen molar-refractivity contribution in [2.24, 2.45) is 5.92 Å². The largest absolute Gasteiger partial charge is 0.477 e. The molecule has 1 saturated carbocycles. The zero-order valence-electron chi connectivity index (χ0n) is 60.1. The second-order valence-corrected chi connectivity index (χ2v) is 25.1. The average Bonchev–Trinajstić information content (AvgIpc) is 0.770. The number of hydrogen-bond acceptors (Lipinski definition) is 31. The molecule has 40 heteroatoms. The van der Waals surface area contributed by atoms with E-state index in [2.05, 4.69) is 41.4 Å². The third-order valence-corrected chi connectivity index (χ3v) is 17.0. The van der Waals surface area contributed by atoms with Crippen molar-refractivity contribution in [1.29, 1.82) is 0 Å². The van der Waals surface area contributed by atoms with Crippen LogP contribution in [-0.4, -0.2) is 334 Å². The van der Waals surface area contributed by atoms with Crippen molar-refractivity contribution in [2.45, 2.75) is 222 Å². The van der Waals surface area contributed by atoms with Gasteiger partial charge in [-0.1, -0.05) is 6.92 Å². The van der Waals surface area contributed by atoms with Crippen LogP contribution in [0.5, 0.6) is 0 Å². The number of unbranched alkanes of at least 4 members (excludes halogenated alkanes) is 2. The molecule has 7 unspecified atom stereocenters. The van der Waals surface area contributed by atoms with E-state index in [1.165, 1.54) is 14.0 Å². The molecule has 0 aromatic carbocycles. The SMILES string of the molecule is CCNC(=O)CCC(=O)CNC(=O)CN(CC(=O)OC)C(=O)CCC(=O)CNC(=O)CN(CC(=O)OC)C(=O)CCC(=O)CC.CNC(=O)CCCCC(=O)CCCCO[C@@H]1OC(CO)[C@@H](O[C@@H]2CC(CO[C@]3(C(=O)O)C[C@@H](O)[C@@H](NC(C)=O)C(C(O)C(O)CO)O3)[C@H](O)[C@H](O)C2O)[C@H](O)C1NC(C)=O. The maximum atomic E-state index is 12.7. The number of carboxylic acids is 1. The van der Waals surface area contributed by atoms with E-state index in [1.807, 2.05) is 0 Å². The third kappa shape index (κ3) is 32.9. The molecule has 1 aliphatic carbocycles. The number of methoxy groups -OCH3 is 2. The number of aliphatic carboxylic acids is 1. The Labute approximate surface area is 605 Å². The van der Waals surface area contributed by atoms with E-state index >= 15 is 0 Å². The number of nitrogens with zero attached hydrogens (tertiary/aromatic N) is 2. The van der Waals surface area contributed by atoms with Crippen molar-refractivity contribution in [3.8, 4) is 0 Å². The number of Topliss-reactive ketones (excluding diaryl/α,β-unsaturated/α-hetero) is 4. The third-order valence-electron chi connectivity index (χ3n) is 17.0. The molecule has 3 aliphatic rings. The summed E-state index contributed by atoms with van der Waals surface area (Å²) < 4.78 is 38.1. The Morgan fingerprint density at radius 1 is 0.590 bits per heavy atom. The van der Waals surface area contributed by atoms with Crippen LogP contribution in [0.3, 0.4) is 0 Å². The van der Waals surface area contributed by atoms with E-state index < -0.39 is 234 Å². The number of hydrogen-bond donors (Lipinski definition) is 16. The summed E-state index contributed by atoms with van der Waals surface area (Å²) in [6.45, 7) is 0.256. The van der Waals surface area contributed by atoms with Gasteiger partial charge in [0.25, 0.3) is 5.79 Å². The molecule has 3 fully saturated rings. The second-order valence-electron chi connectivity index (χ2n) is 25.1. The van der Waals surface area contributed by atoms with Gasteiger partial charge < -0.3 is 126 Å². The minimum atomic E-state index is -2.79. The van der Waals surface area contributed by atoms with Gasteiger partial charge in [0.2, 0.25) is 47.3 Å². The number of nitrogens with one attached hydrogen (secondary N) is 6. The van der Waals surface area contributed by atoms with Crippen LogP contribution in [0.25, 0.3) is 0 Å². The molecule has 2 saturated heterocycles. The van der Waals surface area contributed by atoms with Crippen LogP contribution >= 0.6 is 0 Å². The van der Waals surface area contributed by atoms with Gasteiger partial charge in [-0.05, 0) is 39.0 Å². The Hall–Kier alpha value is -7.71. The van der Waals surface area contributed by atoms with E-state index in [4.69, 9.17) is 23.7 Å². The summed E-state index contributed by atoms with van der Waals surface area (Å²) in [5.74, 6) is -13.3. The number of aliphatic hydroxyl groups excluding tert-OH is 9. The van der Waals surface area contributed by atoms with Gasteiger partial charge in [-0.25, -0.2) is 4.79 Å². The lowest BCUT2D eigenvalue weighted by atomic mass is 9.80. The molecule has 0 spiro atoms. The van der Waals surface area contributed by atoms with Gasteiger partial charge in [-0.15, -0.1) is 0 Å². The first-order valence-electron chi connectivity index (χ1n) is 34.3. The topological polar surface area (TPSA) is 602 Å². The highest BCUT2D eigenvalue weighted by Crippen LogP contribution is 2.37. The zero-order chi connectivity index (χ0) is 79.3. The summed E-state index contributed by atoms with van der Waals surface area (Å²) in [6, 6.07) is -2.76. The minimum absolute atomic E-state index is 0.0202. The van der Waals surface area contributed by atoms with E-state index in [0.717, 1.165) is 30.9 Å². The van der Waals surface area contributed by atoms with Crippen molar-refractivity contribution >= 4 is 88.3 Å². The summed E-state index contributed by atoms with van der Waals surface area (Å²) in [5, 5.41) is 120. The highest BCUT2D eigenvalue weighted by Gasteiger charge is 2.57. The first-order valence-corrected chi connectivity index (χ1v) is 34.3. The van der Waals surface area contributed by atoms with E-state index in [1.54, 1.807) is 13.8 Å². The summed E-state index contributed by atoms with van der Waals surface area (Å²) in [5.41, 5.74) is 0. The molecule has 0 radical (unpaired) electrons. The molecule has 40 nitrogen and oxygen atoms in total. The van der Waals surface area contributed by atoms with Crippen molar-refractivity contribution in [3.05, 3.63) is 0 Å². The molecular weight excluding hydrogens is 1400 g/mol. The first kappa shape index (κ1) is 93.4. The van der Waals surface area contributed by atoms with Gasteiger partial charge in [0.05, 0.1) is 71.5 Å². The summed E-state index contributed by atoms with van der Waals surface area (Å²) in [6.07, 6.45) is -19.7. The standard InChI is InChI=1S/C37H63N3O20.C28H43N5O12/c1-17(43)39-26-21(46)13-37(36(54)55,60-34(26)29(50)22(47)14-41)57-16-19-12-23(30(51)32(53)28(19)49)58-33-24(15-42)59-35(27(31(33)52)40-18(2)44)56-11-7-6-9-20(45)8-4-5-10-25(48)38-3;1-5-19(34)8-11-25(40)32(17-27(42)44-3)15-24(39)31-14-21(36)9-12-26(41)33(18-28(43)45-4)16-23(38)30-13-20(35)7-10-22(37)29-6-2/h19,21-24,26-35,41-42,46-47,49-53H,4-16H2,1-3H3,(H,38,48)(H,39,43)(H,40,44)(H,54,55);5-18H2,1-4H3,(H,29,37)(H,30,38)(H,31,39)/t19?,21-,22?,23-,24?,26-,27?,28+,29?,30?,31-,32+,33-,34?,35-,37-;/m1./s1. The zero-order valence-corrected chi connectivity index (χ0v) is 60.1. The molecule has 598 valence electrons. The molecule has 2 aliphatic heterocycles. The molecule has 16 N–H and O–H groups in total. The maximum absolute atomic E-state index is 12.7. The number of carbonyl (C=O) groups excluding carboxylic acids is 14. The van der Waals surface area contributed by atoms with Gasteiger partial charge in [0, 0.05) is 111 Å². The number of aliphatic hydroxyl groups is 9. The van der Waals surface area contributed by atoms with Crippen molar-refractivity contribution in [3.63, 3.8) is 0 Å². The number of ether oxygens (including phenoxy) is 7. The van der Waals surface area contributed by atoms with Gasteiger partial charge in [-0.3, -0.25) is 67.1 Å². The Morgan fingerprint density at radius 3 is 1.61 bits per heavy atom. The van der Waals surface area contributed by atoms with Crippen molar-refractivity contribution in [1.82, 2.24) is 41.7 Å². The Kier molecular flexibility index (Phi) is 43.1. The van der Waals surface area contributed by atoms with E-state index in [-0.39, 0.29) is 81.4 Å². The summed E-state index contributed by atoms with van der Waals surface area (Å²) >= 11 is 0. The predicted molar refractivity (Wildman–Crippen MR) is 355 cm³/mol. The van der Waals surface area contributed by atoms with Crippen molar-refractivity contribution < 1.29 is 156 Å². The summed E-state index contributed by atoms with van der Waals surface area (Å²) in [7, 11) is 3.72. The lowest BCUT2D eigenvalue weighted by Crippen LogP contribution is -2.68. The lowest BCUT2D eigenvalue weighted by molar-refractivity contribution is -0.320. The molecule has 105 heavy (non-hydrogen) atoms. The number of carbonyl (C=O) groups is 15. The van der Waals surface area contributed by atoms with Gasteiger partial charge in [0.15, 0.2) is 17.9 Å². The van der Waals surface area contributed by atoms with Crippen LogP contribution in [0.15, 0.2) is 0 Å². The Bertz CT molecular complexity index is 2890. The fraction of sp³-hybridized carbons (Fsp3) is 0.769. The molecule has 2 heterocycles. The normalized spacial score (nSPS) is 24.6. The average molecular weight is 1510 g/mol. The van der Waals surface area contributed by atoms with E-state index in [9.17, 15) is 123 Å². The Balaban J connectivity index is 0.000000746. The molecule has 16 atom stereocenters. The minimum Gasteiger partial charge on any atom is -0.477 e. The monoisotopic (exact) mass is 1510 g/mol. The van der Waals surface area contributed by atoms with Crippen LogP contribution in [0.4, 0.5) is 0 Å². The van der Waals surface area contributed by atoms with E-state index in [0.29, 0.717) is 45.1 Å². The number of ketones is 4. The van der Waals surface area contributed by atoms with Gasteiger partial charge in [-0.2, -0.15) is 0 Å². The molecule has 0 bridgehead atoms. The van der Waals surface area contributed by atoms with Crippen LogP contribution < -0.4 is 31.9 Å². The Morgan fingerprint density at radius 2 is 1.11 bits per heavy atom. The molecule has 0 aromatic heterocycles. The van der Waals surface area contributed by atoms with Crippen molar-refractivity contribution in [2.75, 3.05) is 93.5 Å². The van der Waals surface area contributed by atoms with Gasteiger partial charge in [0.1, 0.15) is 92.6 Å². The maximum Gasteiger partial charge on any atom is 0.364 e. The lowest BCUT2D eigenvalue weighted by Gasteiger charge is -2.48. The molecule has 0 aromatic rings. The number of esters is 2. The summed E-state index contributed by atoms with van der Waals surface area (Å²) in [4.78, 5) is 183. The second kappa shape index (κ2) is 48.5. The predicted octanol–water partition coefficient (Wildman–Crippen LogP) is -7.53. The van der Waals surface area contributed by atoms with Crippen LogP contribution in [0.2, 0.25) is 0 Å².